The Balaban J connectivity index is 1.75. The zero-order chi connectivity index (χ0) is 10.6. The summed E-state index contributed by atoms with van der Waals surface area (Å²) in [4.78, 5) is 0. The van der Waals surface area contributed by atoms with Crippen molar-refractivity contribution in [3.63, 3.8) is 0 Å². The van der Waals surface area contributed by atoms with Crippen LogP contribution in [0.25, 0.3) is 0 Å². The van der Waals surface area contributed by atoms with Crippen LogP contribution in [0, 0.1) is 11.3 Å². The zero-order valence-corrected chi connectivity index (χ0v) is 10.6. The lowest BCUT2D eigenvalue weighted by atomic mass is 9.83. The van der Waals surface area contributed by atoms with E-state index in [1.165, 1.54) is 51.4 Å². The van der Waals surface area contributed by atoms with Crippen LogP contribution in [0.2, 0.25) is 0 Å². The fraction of sp³-hybridized carbons (Fsp3) is 1.00. The number of hydrogen-bond acceptors (Lipinski definition) is 2. The van der Waals surface area contributed by atoms with E-state index >= 15 is 0 Å². The summed E-state index contributed by atoms with van der Waals surface area (Å²) in [5.41, 5.74) is 0.411. The van der Waals surface area contributed by atoms with Crippen LogP contribution in [0.4, 0.5) is 0 Å². The maximum Gasteiger partial charge on any atom is 0.0530 e. The minimum absolute atomic E-state index is 0.411. The number of thiol groups is 1. The van der Waals surface area contributed by atoms with Gasteiger partial charge in [0, 0.05) is 12.0 Å². The molecule has 0 bridgehead atoms. The number of rotatable bonds is 5. The van der Waals surface area contributed by atoms with Gasteiger partial charge in [-0.15, -0.1) is 0 Å². The molecule has 0 aromatic rings. The lowest BCUT2D eigenvalue weighted by Crippen LogP contribution is -2.29. The highest BCUT2D eigenvalue weighted by atomic mass is 32.1. The van der Waals surface area contributed by atoms with Crippen molar-refractivity contribution < 1.29 is 4.74 Å². The molecule has 2 aliphatic rings. The van der Waals surface area contributed by atoms with Gasteiger partial charge in [-0.1, -0.05) is 25.7 Å². The summed E-state index contributed by atoms with van der Waals surface area (Å²) in [6.45, 7) is 1.97. The molecular formula is C13H24OS. The molecule has 15 heavy (non-hydrogen) atoms. The molecule has 88 valence electrons. The van der Waals surface area contributed by atoms with Crippen molar-refractivity contribution in [2.75, 3.05) is 19.0 Å². The molecular weight excluding hydrogens is 204 g/mol. The fourth-order valence-corrected chi connectivity index (χ4v) is 2.96. The van der Waals surface area contributed by atoms with E-state index in [4.69, 9.17) is 4.74 Å². The van der Waals surface area contributed by atoms with Gasteiger partial charge < -0.3 is 4.74 Å². The monoisotopic (exact) mass is 228 g/mol. The summed E-state index contributed by atoms with van der Waals surface area (Å²) >= 11 is 4.56. The van der Waals surface area contributed by atoms with Gasteiger partial charge in [-0.05, 0) is 37.4 Å². The first-order chi connectivity index (χ1) is 7.35. The SMILES string of the molecule is SCC1(COCC2CC2)CCCCCC1. The smallest absolute Gasteiger partial charge is 0.0530 e. The van der Waals surface area contributed by atoms with E-state index in [1.54, 1.807) is 0 Å². The van der Waals surface area contributed by atoms with Gasteiger partial charge in [-0.3, -0.25) is 0 Å². The zero-order valence-electron chi connectivity index (χ0n) is 9.71. The van der Waals surface area contributed by atoms with Crippen molar-refractivity contribution in [1.29, 1.82) is 0 Å². The van der Waals surface area contributed by atoms with Crippen molar-refractivity contribution in [3.05, 3.63) is 0 Å². The quantitative estimate of drug-likeness (QED) is 0.558. The van der Waals surface area contributed by atoms with Gasteiger partial charge in [-0.25, -0.2) is 0 Å². The van der Waals surface area contributed by atoms with Crippen molar-refractivity contribution >= 4 is 12.6 Å². The van der Waals surface area contributed by atoms with Gasteiger partial charge in [0.05, 0.1) is 6.61 Å². The van der Waals surface area contributed by atoms with E-state index < -0.39 is 0 Å². The Morgan fingerprint density at radius 1 is 1.07 bits per heavy atom. The summed E-state index contributed by atoms with van der Waals surface area (Å²) < 4.78 is 5.90. The Hall–Kier alpha value is 0.310. The van der Waals surface area contributed by atoms with Crippen LogP contribution in [0.1, 0.15) is 51.4 Å². The predicted molar refractivity (Wildman–Crippen MR) is 67.5 cm³/mol. The van der Waals surface area contributed by atoms with Gasteiger partial charge in [0.2, 0.25) is 0 Å². The molecule has 0 aromatic carbocycles. The van der Waals surface area contributed by atoms with Crippen molar-refractivity contribution in [1.82, 2.24) is 0 Å². The van der Waals surface area contributed by atoms with Crippen LogP contribution in [0.15, 0.2) is 0 Å². The highest BCUT2D eigenvalue weighted by molar-refractivity contribution is 7.80. The first-order valence-electron chi connectivity index (χ1n) is 6.53. The van der Waals surface area contributed by atoms with E-state index in [2.05, 4.69) is 12.6 Å². The van der Waals surface area contributed by atoms with Gasteiger partial charge in [0.15, 0.2) is 0 Å². The molecule has 0 saturated heterocycles. The van der Waals surface area contributed by atoms with Crippen molar-refractivity contribution in [2.45, 2.75) is 51.4 Å². The van der Waals surface area contributed by atoms with Gasteiger partial charge in [-0.2, -0.15) is 12.6 Å². The second kappa shape index (κ2) is 5.58. The third kappa shape index (κ3) is 3.67. The average molecular weight is 228 g/mol. The Labute approximate surface area is 99.4 Å². The molecule has 0 radical (unpaired) electrons. The van der Waals surface area contributed by atoms with Crippen LogP contribution in [-0.4, -0.2) is 19.0 Å². The highest BCUT2D eigenvalue weighted by Gasteiger charge is 2.31. The molecule has 0 atom stereocenters. The fourth-order valence-electron chi connectivity index (χ4n) is 2.55. The first kappa shape index (κ1) is 11.8. The molecule has 2 fully saturated rings. The summed E-state index contributed by atoms with van der Waals surface area (Å²) in [6.07, 6.45) is 11.1. The second-order valence-corrected chi connectivity index (χ2v) is 5.85. The lowest BCUT2D eigenvalue weighted by molar-refractivity contribution is 0.0414. The molecule has 2 aliphatic carbocycles. The normalized spacial score (nSPS) is 26.2. The molecule has 2 saturated carbocycles. The third-order valence-corrected chi connectivity index (χ3v) is 4.63. The van der Waals surface area contributed by atoms with E-state index in [0.717, 1.165) is 24.9 Å². The summed E-state index contributed by atoms with van der Waals surface area (Å²) in [7, 11) is 0. The Bertz CT molecular complexity index is 181. The minimum Gasteiger partial charge on any atom is -0.381 e. The van der Waals surface area contributed by atoms with Crippen molar-refractivity contribution in [3.8, 4) is 0 Å². The van der Waals surface area contributed by atoms with E-state index in [1.807, 2.05) is 0 Å². The highest BCUT2D eigenvalue weighted by Crippen LogP contribution is 2.37. The summed E-state index contributed by atoms with van der Waals surface area (Å²) in [5.74, 6) is 1.91. The van der Waals surface area contributed by atoms with Crippen LogP contribution in [-0.2, 0) is 4.74 Å². The minimum atomic E-state index is 0.411. The summed E-state index contributed by atoms with van der Waals surface area (Å²) in [5, 5.41) is 0. The first-order valence-corrected chi connectivity index (χ1v) is 7.16. The molecule has 0 heterocycles. The third-order valence-electron chi connectivity index (χ3n) is 3.96. The Kier molecular flexibility index (Phi) is 4.39. The number of ether oxygens (including phenoxy) is 1. The molecule has 2 rings (SSSR count). The second-order valence-electron chi connectivity index (χ2n) is 5.53. The molecule has 0 N–H and O–H groups in total. The molecule has 0 amide bonds. The maximum absolute atomic E-state index is 5.90. The predicted octanol–water partition coefficient (Wildman–Crippen LogP) is 3.68. The van der Waals surface area contributed by atoms with Crippen LogP contribution < -0.4 is 0 Å². The number of hydrogen-bond donors (Lipinski definition) is 1. The average Bonchev–Trinajstić information content (AvgIpc) is 3.05. The van der Waals surface area contributed by atoms with E-state index in [-0.39, 0.29) is 0 Å². The molecule has 0 unspecified atom stereocenters. The molecule has 0 aromatic heterocycles. The van der Waals surface area contributed by atoms with Gasteiger partial charge >= 0.3 is 0 Å². The topological polar surface area (TPSA) is 9.23 Å². The Morgan fingerprint density at radius 3 is 2.27 bits per heavy atom. The molecule has 2 heteroatoms. The lowest BCUT2D eigenvalue weighted by Gasteiger charge is -2.30. The van der Waals surface area contributed by atoms with E-state index in [9.17, 15) is 0 Å². The molecule has 1 nitrogen and oxygen atoms in total. The standard InChI is InChI=1S/C13H24OS/c15-11-13(7-3-1-2-4-8-13)10-14-9-12-5-6-12/h12,15H,1-11H2. The largest absolute Gasteiger partial charge is 0.381 e. The van der Waals surface area contributed by atoms with E-state index in [0.29, 0.717) is 5.41 Å². The van der Waals surface area contributed by atoms with Crippen LogP contribution >= 0.6 is 12.6 Å². The summed E-state index contributed by atoms with van der Waals surface area (Å²) in [6, 6.07) is 0. The maximum atomic E-state index is 5.90. The molecule has 0 spiro atoms. The van der Waals surface area contributed by atoms with Gasteiger partial charge in [0.1, 0.15) is 0 Å². The molecule has 0 aliphatic heterocycles. The van der Waals surface area contributed by atoms with Crippen LogP contribution in [0.5, 0.6) is 0 Å². The Morgan fingerprint density at radius 2 is 1.73 bits per heavy atom. The van der Waals surface area contributed by atoms with Crippen molar-refractivity contribution in [2.24, 2.45) is 11.3 Å². The van der Waals surface area contributed by atoms with Crippen LogP contribution in [0.3, 0.4) is 0 Å². The van der Waals surface area contributed by atoms with Gasteiger partial charge in [0.25, 0.3) is 0 Å².